The van der Waals surface area contributed by atoms with E-state index in [1.54, 1.807) is 0 Å². The van der Waals surface area contributed by atoms with Crippen molar-refractivity contribution in [3.05, 3.63) is 63.4 Å². The fourth-order valence-electron chi connectivity index (χ4n) is 2.74. The molecular weight excluding hydrogens is 422 g/mol. The zero-order chi connectivity index (χ0) is 19.2. The number of carbonyl (C=O) groups is 1. The van der Waals surface area contributed by atoms with Gasteiger partial charge < -0.3 is 5.32 Å². The minimum Gasteiger partial charge on any atom is -0.307 e. The van der Waals surface area contributed by atoms with Crippen LogP contribution in [0.1, 0.15) is 30.2 Å². The SMILES string of the molecule is CCCCc1ccc(-c2nc(NC(=O)Nc3ccccc3Br)sc2C)cc1. The molecule has 27 heavy (non-hydrogen) atoms. The first-order chi connectivity index (χ1) is 13.1. The lowest BCUT2D eigenvalue weighted by Crippen LogP contribution is -2.19. The van der Waals surface area contributed by atoms with Crippen LogP contribution in [0.15, 0.2) is 53.0 Å². The van der Waals surface area contributed by atoms with Crippen molar-refractivity contribution in [1.29, 1.82) is 0 Å². The molecule has 0 aliphatic carbocycles. The summed E-state index contributed by atoms with van der Waals surface area (Å²) in [5.74, 6) is 0. The first kappa shape index (κ1) is 19.6. The molecule has 0 fully saturated rings. The zero-order valence-electron chi connectivity index (χ0n) is 15.4. The highest BCUT2D eigenvalue weighted by molar-refractivity contribution is 9.10. The van der Waals surface area contributed by atoms with Crippen molar-refractivity contribution in [2.24, 2.45) is 0 Å². The highest BCUT2D eigenvalue weighted by Gasteiger charge is 2.13. The van der Waals surface area contributed by atoms with Crippen LogP contribution in [0.5, 0.6) is 0 Å². The monoisotopic (exact) mass is 443 g/mol. The Labute approximate surface area is 172 Å². The van der Waals surface area contributed by atoms with Crippen molar-refractivity contribution in [2.45, 2.75) is 33.1 Å². The molecule has 6 heteroatoms. The predicted octanol–water partition coefficient (Wildman–Crippen LogP) is 6.87. The molecular formula is C21H22BrN3OS. The molecule has 2 aromatic carbocycles. The van der Waals surface area contributed by atoms with E-state index in [0.29, 0.717) is 10.8 Å². The van der Waals surface area contributed by atoms with Gasteiger partial charge in [-0.2, -0.15) is 0 Å². The van der Waals surface area contributed by atoms with Crippen molar-refractivity contribution < 1.29 is 4.79 Å². The van der Waals surface area contributed by atoms with Gasteiger partial charge in [0, 0.05) is 14.9 Å². The number of thiazole rings is 1. The van der Waals surface area contributed by atoms with Gasteiger partial charge in [-0.05, 0) is 53.4 Å². The van der Waals surface area contributed by atoms with E-state index in [9.17, 15) is 4.79 Å². The quantitative estimate of drug-likeness (QED) is 0.436. The van der Waals surface area contributed by atoms with Gasteiger partial charge in [0.05, 0.1) is 11.4 Å². The molecule has 2 N–H and O–H groups in total. The zero-order valence-corrected chi connectivity index (χ0v) is 17.8. The number of anilines is 2. The maximum Gasteiger partial charge on any atom is 0.325 e. The Bertz CT molecular complexity index is 921. The number of nitrogens with zero attached hydrogens (tertiary/aromatic N) is 1. The molecule has 1 aromatic heterocycles. The summed E-state index contributed by atoms with van der Waals surface area (Å²) in [5, 5.41) is 6.23. The van der Waals surface area contributed by atoms with Gasteiger partial charge in [0.1, 0.15) is 0 Å². The summed E-state index contributed by atoms with van der Waals surface area (Å²) in [6.07, 6.45) is 3.51. The lowest BCUT2D eigenvalue weighted by atomic mass is 10.0. The smallest absolute Gasteiger partial charge is 0.307 e. The minimum absolute atomic E-state index is 0.308. The van der Waals surface area contributed by atoms with Gasteiger partial charge in [-0.1, -0.05) is 49.7 Å². The number of nitrogens with one attached hydrogen (secondary N) is 2. The largest absolute Gasteiger partial charge is 0.325 e. The third-order valence-electron chi connectivity index (χ3n) is 4.19. The minimum atomic E-state index is -0.308. The summed E-state index contributed by atoms with van der Waals surface area (Å²) in [7, 11) is 0. The number of amides is 2. The third-order valence-corrected chi connectivity index (χ3v) is 5.76. The summed E-state index contributed by atoms with van der Waals surface area (Å²) >= 11 is 4.90. The number of unbranched alkanes of at least 4 members (excludes halogenated alkanes) is 1. The van der Waals surface area contributed by atoms with E-state index in [-0.39, 0.29) is 6.03 Å². The van der Waals surface area contributed by atoms with E-state index in [1.807, 2.05) is 31.2 Å². The highest BCUT2D eigenvalue weighted by Crippen LogP contribution is 2.31. The number of carbonyl (C=O) groups excluding carboxylic acids is 1. The van der Waals surface area contributed by atoms with Crippen molar-refractivity contribution >= 4 is 44.1 Å². The second-order valence-electron chi connectivity index (χ2n) is 6.28. The van der Waals surface area contributed by atoms with Crippen LogP contribution >= 0.6 is 27.3 Å². The lowest BCUT2D eigenvalue weighted by Gasteiger charge is -2.07. The number of benzene rings is 2. The highest BCUT2D eigenvalue weighted by atomic mass is 79.9. The van der Waals surface area contributed by atoms with Crippen LogP contribution in [0.3, 0.4) is 0 Å². The van der Waals surface area contributed by atoms with E-state index >= 15 is 0 Å². The number of rotatable bonds is 6. The van der Waals surface area contributed by atoms with Crippen LogP contribution in [-0.2, 0) is 6.42 Å². The number of hydrogen-bond acceptors (Lipinski definition) is 3. The summed E-state index contributed by atoms with van der Waals surface area (Å²) < 4.78 is 0.833. The van der Waals surface area contributed by atoms with Crippen LogP contribution in [0, 0.1) is 6.92 Å². The van der Waals surface area contributed by atoms with Crippen LogP contribution in [0.2, 0.25) is 0 Å². The predicted molar refractivity (Wildman–Crippen MR) is 118 cm³/mol. The molecule has 0 spiro atoms. The lowest BCUT2D eigenvalue weighted by molar-refractivity contribution is 0.262. The summed E-state index contributed by atoms with van der Waals surface area (Å²) in [5.41, 5.74) is 4.05. The van der Waals surface area contributed by atoms with Gasteiger partial charge in [0.2, 0.25) is 0 Å². The molecule has 0 saturated heterocycles. The fraction of sp³-hybridized carbons (Fsp3) is 0.238. The van der Waals surface area contributed by atoms with Gasteiger partial charge in [-0.25, -0.2) is 9.78 Å². The second kappa shape index (κ2) is 9.15. The number of urea groups is 1. The van der Waals surface area contributed by atoms with Crippen LogP contribution in [0.25, 0.3) is 11.3 Å². The summed E-state index contributed by atoms with van der Waals surface area (Å²) in [6, 6.07) is 15.7. The molecule has 140 valence electrons. The Balaban J connectivity index is 1.69. The molecule has 4 nitrogen and oxygen atoms in total. The van der Waals surface area contributed by atoms with E-state index in [0.717, 1.165) is 27.0 Å². The maximum atomic E-state index is 12.3. The number of aromatic nitrogens is 1. The Kier molecular flexibility index (Phi) is 6.63. The van der Waals surface area contributed by atoms with E-state index in [1.165, 1.54) is 29.7 Å². The fourth-order valence-corrected chi connectivity index (χ4v) is 3.96. The van der Waals surface area contributed by atoms with E-state index in [4.69, 9.17) is 0 Å². The summed E-state index contributed by atoms with van der Waals surface area (Å²) in [4.78, 5) is 17.9. The van der Waals surface area contributed by atoms with Crippen LogP contribution in [-0.4, -0.2) is 11.0 Å². The van der Waals surface area contributed by atoms with Crippen molar-refractivity contribution in [1.82, 2.24) is 4.98 Å². The van der Waals surface area contributed by atoms with Crippen LogP contribution < -0.4 is 10.6 Å². The van der Waals surface area contributed by atoms with Gasteiger partial charge in [0.15, 0.2) is 5.13 Å². The Morgan fingerprint density at radius 2 is 1.85 bits per heavy atom. The average Bonchev–Trinajstić information content (AvgIpc) is 3.02. The molecule has 0 aliphatic heterocycles. The molecule has 0 bridgehead atoms. The van der Waals surface area contributed by atoms with Gasteiger partial charge >= 0.3 is 6.03 Å². The third kappa shape index (κ3) is 5.17. The molecule has 3 aromatic rings. The average molecular weight is 444 g/mol. The number of para-hydroxylation sites is 1. The molecule has 0 saturated carbocycles. The van der Waals surface area contributed by atoms with Gasteiger partial charge in [0.25, 0.3) is 0 Å². The molecule has 0 unspecified atom stereocenters. The summed E-state index contributed by atoms with van der Waals surface area (Å²) in [6.45, 7) is 4.23. The van der Waals surface area contributed by atoms with E-state index in [2.05, 4.69) is 62.7 Å². The van der Waals surface area contributed by atoms with Crippen molar-refractivity contribution in [3.8, 4) is 11.3 Å². The molecule has 1 heterocycles. The molecule has 0 radical (unpaired) electrons. The Hall–Kier alpha value is -2.18. The van der Waals surface area contributed by atoms with Gasteiger partial charge in [-0.15, -0.1) is 11.3 Å². The van der Waals surface area contributed by atoms with Gasteiger partial charge in [-0.3, -0.25) is 5.32 Å². The molecule has 0 aliphatic rings. The first-order valence-corrected chi connectivity index (χ1v) is 10.6. The Morgan fingerprint density at radius 3 is 2.56 bits per heavy atom. The standard InChI is InChI=1S/C21H22BrN3OS/c1-3-4-7-15-10-12-16(13-11-15)19-14(2)27-21(24-19)25-20(26)23-18-9-6-5-8-17(18)22/h5-6,8-13H,3-4,7H2,1-2H3,(H2,23,24,25,26). The van der Waals surface area contributed by atoms with E-state index < -0.39 is 0 Å². The molecule has 2 amide bonds. The normalized spacial score (nSPS) is 10.6. The number of aryl methyl sites for hydroxylation is 2. The van der Waals surface area contributed by atoms with Crippen molar-refractivity contribution in [2.75, 3.05) is 10.6 Å². The first-order valence-electron chi connectivity index (χ1n) is 8.96. The van der Waals surface area contributed by atoms with Crippen molar-refractivity contribution in [3.63, 3.8) is 0 Å². The second-order valence-corrected chi connectivity index (χ2v) is 8.34. The number of halogens is 1. The molecule has 3 rings (SSSR count). The maximum absolute atomic E-state index is 12.3. The number of hydrogen-bond donors (Lipinski definition) is 2. The van der Waals surface area contributed by atoms with Crippen LogP contribution in [0.4, 0.5) is 15.6 Å². The molecule has 0 atom stereocenters. The topological polar surface area (TPSA) is 54.0 Å². The Morgan fingerprint density at radius 1 is 1.11 bits per heavy atom.